The summed E-state index contributed by atoms with van der Waals surface area (Å²) in [7, 11) is 0. The Morgan fingerprint density at radius 1 is 1.00 bits per heavy atom. The maximum Gasteiger partial charge on any atom is 0.266 e. The Morgan fingerprint density at radius 3 is 2.36 bits per heavy atom. The van der Waals surface area contributed by atoms with Crippen LogP contribution in [0.15, 0.2) is 66.2 Å². The number of amides is 2. The van der Waals surface area contributed by atoms with Crippen molar-refractivity contribution >= 4 is 52.5 Å². The summed E-state index contributed by atoms with van der Waals surface area (Å²) in [6.45, 7) is 1.52. The summed E-state index contributed by atoms with van der Waals surface area (Å²) in [5, 5.41) is 14.9. The molecular formula is C26H20Cl2FN3O4. The van der Waals surface area contributed by atoms with Gasteiger partial charge in [0.2, 0.25) is 0 Å². The Hall–Kier alpha value is -4.06. The highest BCUT2D eigenvalue weighted by molar-refractivity contribution is 6.34. The number of benzene rings is 3. The summed E-state index contributed by atoms with van der Waals surface area (Å²) in [4.78, 5) is 24.8. The van der Waals surface area contributed by atoms with Crippen LogP contribution in [0.1, 0.15) is 12.5 Å². The molecule has 0 radical (unpaired) electrons. The Kier molecular flexibility index (Phi) is 9.28. The van der Waals surface area contributed by atoms with Crippen molar-refractivity contribution < 1.29 is 23.5 Å². The molecule has 0 unspecified atom stereocenters. The van der Waals surface area contributed by atoms with Gasteiger partial charge in [-0.3, -0.25) is 9.59 Å². The molecule has 0 aliphatic carbocycles. The molecule has 36 heavy (non-hydrogen) atoms. The summed E-state index contributed by atoms with van der Waals surface area (Å²) in [5.74, 6) is -1.57. The van der Waals surface area contributed by atoms with E-state index in [0.29, 0.717) is 16.3 Å². The van der Waals surface area contributed by atoms with Crippen LogP contribution in [-0.4, -0.2) is 25.0 Å². The van der Waals surface area contributed by atoms with Gasteiger partial charge >= 0.3 is 0 Å². The van der Waals surface area contributed by atoms with Crippen molar-refractivity contribution in [2.24, 2.45) is 0 Å². The molecule has 0 bridgehead atoms. The van der Waals surface area contributed by atoms with Gasteiger partial charge in [-0.05, 0) is 55.0 Å². The number of carbonyl (C=O) groups excluding carboxylic acids is 2. The number of nitrogens with one attached hydrogen (secondary N) is 2. The molecule has 0 saturated carbocycles. The van der Waals surface area contributed by atoms with E-state index in [1.54, 1.807) is 37.3 Å². The van der Waals surface area contributed by atoms with Crippen LogP contribution in [0.2, 0.25) is 10.0 Å². The topological polar surface area (TPSA) is 100 Å². The fraction of sp³-hybridized carbons (Fsp3) is 0.115. The van der Waals surface area contributed by atoms with Gasteiger partial charge in [-0.25, -0.2) is 4.39 Å². The normalized spacial score (nSPS) is 10.8. The lowest BCUT2D eigenvalue weighted by Crippen LogP contribution is -2.21. The molecule has 0 spiro atoms. The number of carbonyl (C=O) groups is 2. The zero-order chi connectivity index (χ0) is 26.1. The van der Waals surface area contributed by atoms with Gasteiger partial charge in [0.25, 0.3) is 11.8 Å². The number of para-hydroxylation sites is 2. The van der Waals surface area contributed by atoms with Gasteiger partial charge in [0, 0.05) is 0 Å². The van der Waals surface area contributed by atoms with Crippen LogP contribution >= 0.6 is 23.2 Å². The second-order valence-electron chi connectivity index (χ2n) is 7.18. The number of hydrogen-bond donors (Lipinski definition) is 2. The van der Waals surface area contributed by atoms with Crippen molar-refractivity contribution in [1.82, 2.24) is 0 Å². The highest BCUT2D eigenvalue weighted by atomic mass is 35.5. The van der Waals surface area contributed by atoms with Gasteiger partial charge in [-0.2, -0.15) is 5.26 Å². The first-order valence-corrected chi connectivity index (χ1v) is 11.4. The van der Waals surface area contributed by atoms with Crippen molar-refractivity contribution in [1.29, 1.82) is 5.26 Å². The van der Waals surface area contributed by atoms with E-state index in [1.165, 1.54) is 36.4 Å². The van der Waals surface area contributed by atoms with Crippen molar-refractivity contribution in [3.05, 3.63) is 87.7 Å². The SMILES string of the molecule is CCOc1cc(/C=C(\C#N)C(=O)Nc2ccccc2Cl)cc(Cl)c1OCC(=O)Nc1ccccc1F. The summed E-state index contributed by atoms with van der Waals surface area (Å²) in [6, 6.07) is 17.2. The number of nitrogens with zero attached hydrogens (tertiary/aromatic N) is 1. The first-order valence-electron chi connectivity index (χ1n) is 10.6. The Balaban J connectivity index is 1.79. The predicted molar refractivity (Wildman–Crippen MR) is 137 cm³/mol. The average molecular weight is 528 g/mol. The fourth-order valence-electron chi connectivity index (χ4n) is 3.03. The molecule has 0 aliphatic rings. The summed E-state index contributed by atoms with van der Waals surface area (Å²) < 4.78 is 24.9. The summed E-state index contributed by atoms with van der Waals surface area (Å²) in [6.07, 6.45) is 1.33. The zero-order valence-corrected chi connectivity index (χ0v) is 20.5. The van der Waals surface area contributed by atoms with Crippen LogP contribution in [0, 0.1) is 17.1 Å². The van der Waals surface area contributed by atoms with Crippen LogP contribution in [0.4, 0.5) is 15.8 Å². The molecule has 0 aliphatic heterocycles. The van der Waals surface area contributed by atoms with E-state index in [9.17, 15) is 19.2 Å². The lowest BCUT2D eigenvalue weighted by atomic mass is 10.1. The van der Waals surface area contributed by atoms with Gasteiger partial charge < -0.3 is 20.1 Å². The fourth-order valence-corrected chi connectivity index (χ4v) is 3.49. The minimum absolute atomic E-state index is 0.0156. The van der Waals surface area contributed by atoms with E-state index < -0.39 is 24.2 Å². The largest absolute Gasteiger partial charge is 0.490 e. The maximum absolute atomic E-state index is 13.8. The molecule has 10 heteroatoms. The molecule has 2 N–H and O–H groups in total. The summed E-state index contributed by atoms with van der Waals surface area (Å²) in [5.41, 5.74) is 0.557. The maximum atomic E-state index is 13.8. The van der Waals surface area contributed by atoms with E-state index >= 15 is 0 Å². The predicted octanol–water partition coefficient (Wildman–Crippen LogP) is 6.09. The number of hydrogen-bond acceptors (Lipinski definition) is 5. The number of halogens is 3. The smallest absolute Gasteiger partial charge is 0.266 e. The average Bonchev–Trinajstić information content (AvgIpc) is 2.85. The van der Waals surface area contributed by atoms with Crippen molar-refractivity contribution in [2.45, 2.75) is 6.92 Å². The molecule has 0 atom stereocenters. The molecule has 0 aromatic heterocycles. The van der Waals surface area contributed by atoms with E-state index in [4.69, 9.17) is 32.7 Å². The third kappa shape index (κ3) is 6.98. The molecule has 0 heterocycles. The van der Waals surface area contributed by atoms with Crippen LogP contribution in [0.25, 0.3) is 6.08 Å². The zero-order valence-electron chi connectivity index (χ0n) is 19.0. The summed E-state index contributed by atoms with van der Waals surface area (Å²) >= 11 is 12.4. The number of rotatable bonds is 9. The molecule has 3 aromatic rings. The minimum Gasteiger partial charge on any atom is -0.490 e. The molecule has 3 rings (SSSR count). The first-order chi connectivity index (χ1) is 17.3. The van der Waals surface area contributed by atoms with Gasteiger partial charge in [-0.1, -0.05) is 47.5 Å². The molecule has 3 aromatic carbocycles. The van der Waals surface area contributed by atoms with E-state index in [0.717, 1.165) is 0 Å². The molecule has 7 nitrogen and oxygen atoms in total. The molecule has 0 fully saturated rings. The highest BCUT2D eigenvalue weighted by Crippen LogP contribution is 2.37. The molecule has 184 valence electrons. The molecule has 0 saturated heterocycles. The third-order valence-electron chi connectivity index (χ3n) is 4.63. The molecule has 2 amide bonds. The second-order valence-corrected chi connectivity index (χ2v) is 8.00. The monoisotopic (exact) mass is 527 g/mol. The van der Waals surface area contributed by atoms with Crippen molar-refractivity contribution in [2.75, 3.05) is 23.8 Å². The van der Waals surface area contributed by atoms with Gasteiger partial charge in [0.1, 0.15) is 17.5 Å². The minimum atomic E-state index is -0.662. The van der Waals surface area contributed by atoms with Gasteiger partial charge in [0.15, 0.2) is 18.1 Å². The Bertz CT molecular complexity index is 1360. The Morgan fingerprint density at radius 2 is 1.69 bits per heavy atom. The van der Waals surface area contributed by atoms with Gasteiger partial charge in [-0.15, -0.1) is 0 Å². The van der Waals surface area contributed by atoms with E-state index in [2.05, 4.69) is 10.6 Å². The number of anilines is 2. The standard InChI is InChI=1S/C26H20Cl2FN3O4/c1-2-35-23-13-16(11-17(14-30)26(34)32-21-9-5-3-7-18(21)27)12-19(28)25(23)36-15-24(33)31-22-10-6-4-8-20(22)29/h3-13H,2,15H2,1H3,(H,31,33)(H,32,34)/b17-11+. The second kappa shape index (κ2) is 12.6. The van der Waals surface area contributed by atoms with Crippen LogP contribution < -0.4 is 20.1 Å². The van der Waals surface area contributed by atoms with E-state index in [-0.39, 0.29) is 34.4 Å². The third-order valence-corrected chi connectivity index (χ3v) is 5.24. The van der Waals surface area contributed by atoms with Crippen molar-refractivity contribution in [3.63, 3.8) is 0 Å². The van der Waals surface area contributed by atoms with E-state index in [1.807, 2.05) is 6.07 Å². The van der Waals surface area contributed by atoms with Crippen LogP contribution in [0.5, 0.6) is 11.5 Å². The van der Waals surface area contributed by atoms with Crippen LogP contribution in [0.3, 0.4) is 0 Å². The molecular weight excluding hydrogens is 508 g/mol. The van der Waals surface area contributed by atoms with Gasteiger partial charge in [0.05, 0.1) is 28.0 Å². The number of nitriles is 1. The quantitative estimate of drug-likeness (QED) is 0.259. The Labute approximate surface area is 217 Å². The first kappa shape index (κ1) is 26.5. The lowest BCUT2D eigenvalue weighted by molar-refractivity contribution is -0.118. The van der Waals surface area contributed by atoms with Crippen molar-refractivity contribution in [3.8, 4) is 17.6 Å². The number of ether oxygens (including phenoxy) is 2. The van der Waals surface area contributed by atoms with Crippen LogP contribution in [-0.2, 0) is 9.59 Å². The lowest BCUT2D eigenvalue weighted by Gasteiger charge is -2.15. The highest BCUT2D eigenvalue weighted by Gasteiger charge is 2.17.